The van der Waals surface area contributed by atoms with Gasteiger partial charge in [0.2, 0.25) is 0 Å². The van der Waals surface area contributed by atoms with Gasteiger partial charge in [-0.05, 0) is 19.9 Å². The van der Waals surface area contributed by atoms with Crippen molar-refractivity contribution in [1.29, 1.82) is 0 Å². The van der Waals surface area contributed by atoms with Crippen LogP contribution >= 0.6 is 0 Å². The Morgan fingerprint density at radius 3 is 2.08 bits per heavy atom. The van der Waals surface area contributed by atoms with E-state index >= 15 is 0 Å². The molecule has 3 N–H and O–H groups in total. The van der Waals surface area contributed by atoms with Crippen molar-refractivity contribution in [3.05, 3.63) is 0 Å². The highest BCUT2D eigenvalue weighted by atomic mass is 14.9. The third kappa shape index (κ3) is 4.10. The molecule has 1 rings (SSSR count). The number of nitrogens with one attached hydrogen (secondary N) is 1. The number of likely N-dealkylation sites (N-methyl/N-ethyl adjacent to an activating group) is 1. The molecule has 0 aromatic heterocycles. The molecule has 1 saturated carbocycles. The number of rotatable bonds is 1. The first kappa shape index (κ1) is 11.0. The second-order valence-corrected chi connectivity index (χ2v) is 4.26. The first-order chi connectivity index (χ1) is 6.34. The highest BCUT2D eigenvalue weighted by Gasteiger charge is 2.15. The number of hydrogen-bond donors (Lipinski definition) is 2. The molecule has 1 unspecified atom stereocenters. The summed E-state index contributed by atoms with van der Waals surface area (Å²) in [5, 5.41) is 3.34. The second kappa shape index (κ2) is 6.39. The third-order valence-corrected chi connectivity index (χ3v) is 3.19. The summed E-state index contributed by atoms with van der Waals surface area (Å²) in [5.41, 5.74) is 6.12. The molecule has 0 amide bonds. The molecule has 0 saturated heterocycles. The summed E-state index contributed by atoms with van der Waals surface area (Å²) in [5.74, 6) is 0. The van der Waals surface area contributed by atoms with Crippen LogP contribution in [0.2, 0.25) is 0 Å². The summed E-state index contributed by atoms with van der Waals surface area (Å²) in [6.07, 6.45) is 10.7. The predicted molar refractivity (Wildman–Crippen MR) is 57.8 cm³/mol. The van der Waals surface area contributed by atoms with Crippen molar-refractivity contribution in [2.75, 3.05) is 7.05 Å². The van der Waals surface area contributed by atoms with Crippen LogP contribution in [-0.4, -0.2) is 19.1 Å². The lowest BCUT2D eigenvalue weighted by atomic mass is 9.94. The molecule has 1 fully saturated rings. The molecule has 0 radical (unpaired) electrons. The summed E-state index contributed by atoms with van der Waals surface area (Å²) in [6.45, 7) is 0. The van der Waals surface area contributed by atoms with Gasteiger partial charge in [-0.25, -0.2) is 0 Å². The van der Waals surface area contributed by atoms with Crippen molar-refractivity contribution in [3.8, 4) is 0 Å². The standard InChI is InChI=1S/C11H24N2/c1-13-11-9-7-5-3-2-4-6-8-10(11)12/h10-11,13H,2-9,12H2,1H3/t10-,11?/m1/s1. The average molecular weight is 184 g/mol. The van der Waals surface area contributed by atoms with Gasteiger partial charge in [-0.15, -0.1) is 0 Å². The van der Waals surface area contributed by atoms with Crippen LogP contribution in [0.4, 0.5) is 0 Å². The summed E-state index contributed by atoms with van der Waals surface area (Å²) < 4.78 is 0. The Hall–Kier alpha value is -0.0800. The van der Waals surface area contributed by atoms with Crippen LogP contribution in [0.5, 0.6) is 0 Å². The van der Waals surface area contributed by atoms with Gasteiger partial charge in [0, 0.05) is 12.1 Å². The third-order valence-electron chi connectivity index (χ3n) is 3.19. The molecule has 1 aliphatic rings. The Bertz CT molecular complexity index is 125. The highest BCUT2D eigenvalue weighted by molar-refractivity contribution is 4.78. The van der Waals surface area contributed by atoms with Gasteiger partial charge < -0.3 is 11.1 Å². The fourth-order valence-electron chi connectivity index (χ4n) is 2.23. The molecule has 0 bridgehead atoms. The Balaban J connectivity index is 2.32. The van der Waals surface area contributed by atoms with E-state index in [1.807, 2.05) is 7.05 Å². The van der Waals surface area contributed by atoms with E-state index in [1.54, 1.807) is 0 Å². The lowest BCUT2D eigenvalue weighted by Gasteiger charge is -2.24. The fraction of sp³-hybridized carbons (Fsp3) is 1.00. The molecule has 2 heteroatoms. The van der Waals surface area contributed by atoms with E-state index in [9.17, 15) is 0 Å². The van der Waals surface area contributed by atoms with E-state index in [0.29, 0.717) is 12.1 Å². The molecule has 1 aliphatic carbocycles. The zero-order valence-electron chi connectivity index (χ0n) is 8.89. The average Bonchev–Trinajstić information content (AvgIpc) is 2.16. The van der Waals surface area contributed by atoms with Crippen LogP contribution in [0.1, 0.15) is 51.4 Å². The Kier molecular flexibility index (Phi) is 5.40. The molecule has 0 aromatic carbocycles. The molecule has 0 aromatic rings. The molecule has 0 aliphatic heterocycles. The monoisotopic (exact) mass is 184 g/mol. The van der Waals surface area contributed by atoms with Gasteiger partial charge in [0.1, 0.15) is 0 Å². The van der Waals surface area contributed by atoms with Crippen molar-refractivity contribution < 1.29 is 0 Å². The van der Waals surface area contributed by atoms with Crippen molar-refractivity contribution in [2.24, 2.45) is 5.73 Å². The molecular formula is C11H24N2. The largest absolute Gasteiger partial charge is 0.326 e. The van der Waals surface area contributed by atoms with Gasteiger partial charge in [-0.3, -0.25) is 0 Å². The lowest BCUT2D eigenvalue weighted by Crippen LogP contribution is -2.43. The van der Waals surface area contributed by atoms with Crippen molar-refractivity contribution in [2.45, 2.75) is 63.5 Å². The van der Waals surface area contributed by atoms with Gasteiger partial charge in [0.15, 0.2) is 0 Å². The number of hydrogen-bond acceptors (Lipinski definition) is 2. The van der Waals surface area contributed by atoms with E-state index in [4.69, 9.17) is 5.73 Å². The minimum atomic E-state index is 0.378. The smallest absolute Gasteiger partial charge is 0.0216 e. The van der Waals surface area contributed by atoms with Gasteiger partial charge in [0.05, 0.1) is 0 Å². The zero-order valence-corrected chi connectivity index (χ0v) is 8.89. The van der Waals surface area contributed by atoms with E-state index < -0.39 is 0 Å². The maximum absolute atomic E-state index is 6.12. The van der Waals surface area contributed by atoms with Crippen molar-refractivity contribution in [1.82, 2.24) is 5.32 Å². The molecule has 2 atom stereocenters. The molecule has 78 valence electrons. The summed E-state index contributed by atoms with van der Waals surface area (Å²) in [4.78, 5) is 0. The zero-order chi connectivity index (χ0) is 9.52. The number of nitrogens with two attached hydrogens (primary N) is 1. The van der Waals surface area contributed by atoms with Gasteiger partial charge in [-0.1, -0.05) is 38.5 Å². The first-order valence-corrected chi connectivity index (χ1v) is 5.77. The van der Waals surface area contributed by atoms with Crippen LogP contribution in [0.3, 0.4) is 0 Å². The van der Waals surface area contributed by atoms with E-state index in [2.05, 4.69) is 5.32 Å². The van der Waals surface area contributed by atoms with E-state index in [0.717, 1.165) is 0 Å². The topological polar surface area (TPSA) is 38.0 Å². The predicted octanol–water partition coefficient (Wildman–Crippen LogP) is 2.04. The van der Waals surface area contributed by atoms with Crippen LogP contribution < -0.4 is 11.1 Å². The molecule has 0 spiro atoms. The van der Waals surface area contributed by atoms with Crippen LogP contribution in [-0.2, 0) is 0 Å². The van der Waals surface area contributed by atoms with Crippen LogP contribution in [0, 0.1) is 0 Å². The summed E-state index contributed by atoms with van der Waals surface area (Å²) >= 11 is 0. The maximum Gasteiger partial charge on any atom is 0.0216 e. The van der Waals surface area contributed by atoms with Gasteiger partial charge in [-0.2, -0.15) is 0 Å². The first-order valence-electron chi connectivity index (χ1n) is 5.77. The lowest BCUT2D eigenvalue weighted by molar-refractivity contribution is 0.374. The minimum Gasteiger partial charge on any atom is -0.326 e. The summed E-state index contributed by atoms with van der Waals surface area (Å²) in [7, 11) is 2.04. The molecule has 13 heavy (non-hydrogen) atoms. The fourth-order valence-corrected chi connectivity index (χ4v) is 2.23. The SMILES string of the molecule is CNC1CCCCCCCC[C@H]1N. The molecular weight excluding hydrogens is 160 g/mol. The van der Waals surface area contributed by atoms with Crippen LogP contribution in [0.25, 0.3) is 0 Å². The van der Waals surface area contributed by atoms with Gasteiger partial charge in [0.25, 0.3) is 0 Å². The van der Waals surface area contributed by atoms with Gasteiger partial charge >= 0.3 is 0 Å². The highest BCUT2D eigenvalue weighted by Crippen LogP contribution is 2.16. The molecule has 0 heterocycles. The normalized spacial score (nSPS) is 32.8. The van der Waals surface area contributed by atoms with Crippen molar-refractivity contribution >= 4 is 0 Å². The van der Waals surface area contributed by atoms with Crippen LogP contribution in [0.15, 0.2) is 0 Å². The minimum absolute atomic E-state index is 0.378. The Morgan fingerprint density at radius 2 is 1.46 bits per heavy atom. The Morgan fingerprint density at radius 1 is 0.923 bits per heavy atom. The van der Waals surface area contributed by atoms with E-state index in [-0.39, 0.29) is 0 Å². The molecule has 2 nitrogen and oxygen atoms in total. The Labute approximate surface area is 82.3 Å². The second-order valence-electron chi connectivity index (χ2n) is 4.26. The summed E-state index contributed by atoms with van der Waals surface area (Å²) in [6, 6.07) is 0.932. The maximum atomic E-state index is 6.12. The van der Waals surface area contributed by atoms with E-state index in [1.165, 1.54) is 51.4 Å². The quantitative estimate of drug-likeness (QED) is 0.654. The van der Waals surface area contributed by atoms with Crippen molar-refractivity contribution in [3.63, 3.8) is 0 Å².